The Morgan fingerprint density at radius 3 is 1.75 bits per heavy atom. The standard InChI is InChI=1S/C10H16BrN/c1-6-8(10(3,4)5)9(11)7(2)12-6/h12H,1-5H3. The zero-order valence-corrected chi connectivity index (χ0v) is 9.96. The lowest BCUT2D eigenvalue weighted by Crippen LogP contribution is -2.12. The van der Waals surface area contributed by atoms with Gasteiger partial charge in [-0.3, -0.25) is 0 Å². The number of nitrogens with one attached hydrogen (secondary N) is 1. The molecule has 2 heteroatoms. The molecule has 0 fully saturated rings. The van der Waals surface area contributed by atoms with E-state index in [4.69, 9.17) is 0 Å². The first-order valence-electron chi connectivity index (χ1n) is 4.19. The highest BCUT2D eigenvalue weighted by Crippen LogP contribution is 2.34. The molecule has 0 saturated carbocycles. The Balaban J connectivity index is 3.32. The molecule has 12 heavy (non-hydrogen) atoms. The predicted molar refractivity (Wildman–Crippen MR) is 56.7 cm³/mol. The van der Waals surface area contributed by atoms with E-state index in [0.29, 0.717) is 0 Å². The van der Waals surface area contributed by atoms with Crippen LogP contribution in [-0.2, 0) is 5.41 Å². The smallest absolute Gasteiger partial charge is 0.0419 e. The molecule has 0 aliphatic rings. The summed E-state index contributed by atoms with van der Waals surface area (Å²) in [5, 5.41) is 0. The summed E-state index contributed by atoms with van der Waals surface area (Å²) in [5.74, 6) is 0. The average molecular weight is 230 g/mol. The minimum atomic E-state index is 0.216. The fraction of sp³-hybridized carbons (Fsp3) is 0.600. The Labute approximate surface area is 82.7 Å². The molecule has 0 amide bonds. The molecule has 1 aromatic rings. The van der Waals surface area contributed by atoms with Crippen LogP contribution in [0.15, 0.2) is 4.47 Å². The lowest BCUT2D eigenvalue weighted by atomic mass is 9.87. The van der Waals surface area contributed by atoms with Crippen LogP contribution >= 0.6 is 15.9 Å². The summed E-state index contributed by atoms with van der Waals surface area (Å²) in [4.78, 5) is 3.34. The van der Waals surface area contributed by atoms with E-state index in [1.54, 1.807) is 0 Å². The molecule has 0 saturated heterocycles. The lowest BCUT2D eigenvalue weighted by Gasteiger charge is -2.19. The number of aromatic amines is 1. The number of aromatic nitrogens is 1. The molecule has 68 valence electrons. The second kappa shape index (κ2) is 2.91. The topological polar surface area (TPSA) is 15.8 Å². The molecule has 0 unspecified atom stereocenters. The lowest BCUT2D eigenvalue weighted by molar-refractivity contribution is 0.584. The molecular weight excluding hydrogens is 214 g/mol. The number of hydrogen-bond acceptors (Lipinski definition) is 0. The van der Waals surface area contributed by atoms with Crippen LogP contribution in [0.3, 0.4) is 0 Å². The Bertz CT molecular complexity index is 292. The van der Waals surface area contributed by atoms with E-state index in [9.17, 15) is 0 Å². The predicted octanol–water partition coefficient (Wildman–Crippen LogP) is 3.69. The van der Waals surface area contributed by atoms with Crippen LogP contribution in [-0.4, -0.2) is 4.98 Å². The average Bonchev–Trinajstić information content (AvgIpc) is 2.05. The van der Waals surface area contributed by atoms with Gasteiger partial charge in [0.25, 0.3) is 0 Å². The number of rotatable bonds is 0. The van der Waals surface area contributed by atoms with E-state index >= 15 is 0 Å². The molecule has 0 bridgehead atoms. The maximum Gasteiger partial charge on any atom is 0.0419 e. The highest BCUT2D eigenvalue weighted by Gasteiger charge is 2.22. The second-order valence-electron chi connectivity index (χ2n) is 4.31. The van der Waals surface area contributed by atoms with Crippen molar-refractivity contribution in [2.75, 3.05) is 0 Å². The third-order valence-electron chi connectivity index (χ3n) is 2.05. The van der Waals surface area contributed by atoms with Gasteiger partial charge in [-0.15, -0.1) is 0 Å². The molecule has 1 nitrogen and oxygen atoms in total. The third kappa shape index (κ3) is 1.58. The number of halogens is 1. The molecule has 0 aliphatic heterocycles. The van der Waals surface area contributed by atoms with Gasteiger partial charge in [0.2, 0.25) is 0 Å². The first-order valence-corrected chi connectivity index (χ1v) is 4.98. The third-order valence-corrected chi connectivity index (χ3v) is 3.04. The number of H-pyrrole nitrogens is 1. The van der Waals surface area contributed by atoms with Crippen molar-refractivity contribution in [3.05, 3.63) is 21.4 Å². The Morgan fingerprint density at radius 2 is 1.58 bits per heavy atom. The SMILES string of the molecule is Cc1[nH]c(C)c(C(C)(C)C)c1Br. The molecular formula is C10H16BrN. The van der Waals surface area contributed by atoms with Crippen molar-refractivity contribution >= 4 is 15.9 Å². The zero-order chi connectivity index (χ0) is 9.52. The van der Waals surface area contributed by atoms with Gasteiger partial charge in [-0.2, -0.15) is 0 Å². The van der Waals surface area contributed by atoms with Crippen molar-refractivity contribution < 1.29 is 0 Å². The van der Waals surface area contributed by atoms with Crippen molar-refractivity contribution in [2.45, 2.75) is 40.0 Å². The summed E-state index contributed by atoms with van der Waals surface area (Å²) in [6.45, 7) is 10.9. The number of aryl methyl sites for hydroxylation is 2. The van der Waals surface area contributed by atoms with Gasteiger partial charge in [-0.05, 0) is 40.8 Å². The van der Waals surface area contributed by atoms with Crippen LogP contribution in [0.1, 0.15) is 37.7 Å². The summed E-state index contributed by atoms with van der Waals surface area (Å²) in [6, 6.07) is 0. The molecule has 0 atom stereocenters. The minimum absolute atomic E-state index is 0.216. The van der Waals surface area contributed by atoms with Crippen molar-refractivity contribution in [1.29, 1.82) is 0 Å². The van der Waals surface area contributed by atoms with E-state index in [-0.39, 0.29) is 5.41 Å². The van der Waals surface area contributed by atoms with Crippen LogP contribution in [0.2, 0.25) is 0 Å². The monoisotopic (exact) mass is 229 g/mol. The van der Waals surface area contributed by atoms with Crippen LogP contribution in [0.4, 0.5) is 0 Å². The van der Waals surface area contributed by atoms with Gasteiger partial charge in [-0.25, -0.2) is 0 Å². The molecule has 1 aromatic heterocycles. The Morgan fingerprint density at radius 1 is 1.08 bits per heavy atom. The van der Waals surface area contributed by atoms with Crippen LogP contribution in [0.25, 0.3) is 0 Å². The van der Waals surface area contributed by atoms with Crippen molar-refractivity contribution in [3.63, 3.8) is 0 Å². The van der Waals surface area contributed by atoms with Gasteiger partial charge >= 0.3 is 0 Å². The zero-order valence-electron chi connectivity index (χ0n) is 8.38. The summed E-state index contributed by atoms with van der Waals surface area (Å²) in [6.07, 6.45) is 0. The van der Waals surface area contributed by atoms with Crippen LogP contribution in [0.5, 0.6) is 0 Å². The summed E-state index contributed by atoms with van der Waals surface area (Å²) in [7, 11) is 0. The molecule has 0 aromatic carbocycles. The molecule has 0 spiro atoms. The molecule has 1 heterocycles. The molecule has 0 aliphatic carbocycles. The molecule has 1 rings (SSSR count). The minimum Gasteiger partial charge on any atom is -0.362 e. The maximum absolute atomic E-state index is 3.61. The molecule has 0 radical (unpaired) electrons. The Kier molecular flexibility index (Phi) is 2.39. The first-order chi connectivity index (χ1) is 5.34. The van der Waals surface area contributed by atoms with Gasteiger partial charge in [-0.1, -0.05) is 20.8 Å². The highest BCUT2D eigenvalue weighted by atomic mass is 79.9. The van der Waals surface area contributed by atoms with Gasteiger partial charge < -0.3 is 4.98 Å². The van der Waals surface area contributed by atoms with Gasteiger partial charge in [0.05, 0.1) is 0 Å². The van der Waals surface area contributed by atoms with E-state index in [1.165, 1.54) is 21.4 Å². The van der Waals surface area contributed by atoms with Gasteiger partial charge in [0, 0.05) is 15.9 Å². The fourth-order valence-corrected chi connectivity index (χ4v) is 2.63. The number of hydrogen-bond donors (Lipinski definition) is 1. The van der Waals surface area contributed by atoms with E-state index in [1.807, 2.05) is 0 Å². The largest absolute Gasteiger partial charge is 0.362 e. The highest BCUT2D eigenvalue weighted by molar-refractivity contribution is 9.10. The Hall–Kier alpha value is -0.240. The van der Waals surface area contributed by atoms with Crippen molar-refractivity contribution in [2.24, 2.45) is 0 Å². The maximum atomic E-state index is 3.61. The normalized spacial score (nSPS) is 12.2. The first kappa shape index (κ1) is 9.85. The summed E-state index contributed by atoms with van der Waals surface area (Å²) < 4.78 is 1.23. The summed E-state index contributed by atoms with van der Waals surface area (Å²) in [5.41, 5.74) is 4.09. The quantitative estimate of drug-likeness (QED) is 0.699. The van der Waals surface area contributed by atoms with E-state index < -0.39 is 0 Å². The van der Waals surface area contributed by atoms with Crippen molar-refractivity contribution in [3.8, 4) is 0 Å². The second-order valence-corrected chi connectivity index (χ2v) is 5.11. The fourth-order valence-electron chi connectivity index (χ4n) is 1.64. The molecule has 1 N–H and O–H groups in total. The van der Waals surface area contributed by atoms with Crippen molar-refractivity contribution in [1.82, 2.24) is 4.98 Å². The van der Waals surface area contributed by atoms with Gasteiger partial charge in [0.15, 0.2) is 0 Å². The summed E-state index contributed by atoms with van der Waals surface area (Å²) >= 11 is 3.61. The van der Waals surface area contributed by atoms with E-state index in [0.717, 1.165) is 0 Å². The van der Waals surface area contributed by atoms with Crippen LogP contribution in [0, 0.1) is 13.8 Å². The van der Waals surface area contributed by atoms with E-state index in [2.05, 4.69) is 55.5 Å². The van der Waals surface area contributed by atoms with Gasteiger partial charge in [0.1, 0.15) is 0 Å². The van der Waals surface area contributed by atoms with Crippen LogP contribution < -0.4 is 0 Å².